The summed E-state index contributed by atoms with van der Waals surface area (Å²) < 4.78 is 31.5. The van der Waals surface area contributed by atoms with Crippen LogP contribution in [0.2, 0.25) is 0 Å². The molecular formula is C10H20BrNO3S. The highest BCUT2D eigenvalue weighted by atomic mass is 79.9. The van der Waals surface area contributed by atoms with Gasteiger partial charge in [-0.1, -0.05) is 15.9 Å². The van der Waals surface area contributed by atoms with E-state index >= 15 is 0 Å². The van der Waals surface area contributed by atoms with Gasteiger partial charge in [0.2, 0.25) is 10.0 Å². The normalized spacial score (nSPS) is 23.5. The Morgan fingerprint density at radius 1 is 1.56 bits per heavy atom. The zero-order chi connectivity index (χ0) is 12.0. The molecule has 0 aromatic heterocycles. The van der Waals surface area contributed by atoms with Crippen molar-refractivity contribution < 1.29 is 13.2 Å². The van der Waals surface area contributed by atoms with E-state index in [1.54, 1.807) is 0 Å². The average Bonchev–Trinajstić information content (AvgIpc) is 2.65. The molecule has 6 heteroatoms. The van der Waals surface area contributed by atoms with Crippen molar-refractivity contribution in [2.24, 2.45) is 0 Å². The highest BCUT2D eigenvalue weighted by Gasteiger charge is 2.24. The molecule has 0 aromatic carbocycles. The van der Waals surface area contributed by atoms with Gasteiger partial charge in [-0.15, -0.1) is 0 Å². The topological polar surface area (TPSA) is 55.4 Å². The first-order valence-corrected chi connectivity index (χ1v) is 8.48. The average molecular weight is 314 g/mol. The van der Waals surface area contributed by atoms with Crippen LogP contribution in [0.5, 0.6) is 0 Å². The molecule has 0 aliphatic carbocycles. The van der Waals surface area contributed by atoms with Crippen LogP contribution in [-0.4, -0.2) is 38.3 Å². The van der Waals surface area contributed by atoms with Gasteiger partial charge in [0, 0.05) is 18.0 Å². The molecule has 1 saturated heterocycles. The van der Waals surface area contributed by atoms with E-state index in [0.29, 0.717) is 6.61 Å². The van der Waals surface area contributed by atoms with E-state index in [-0.39, 0.29) is 17.9 Å². The molecular weight excluding hydrogens is 294 g/mol. The van der Waals surface area contributed by atoms with Gasteiger partial charge in [-0.2, -0.15) is 0 Å². The summed E-state index contributed by atoms with van der Waals surface area (Å²) in [5.41, 5.74) is 0. The van der Waals surface area contributed by atoms with Gasteiger partial charge in [-0.05, 0) is 32.6 Å². The van der Waals surface area contributed by atoms with Crippen molar-refractivity contribution in [2.45, 2.75) is 44.8 Å². The summed E-state index contributed by atoms with van der Waals surface area (Å²) in [6, 6.07) is 0.00366. The number of hydrogen-bond donors (Lipinski definition) is 1. The Balaban J connectivity index is 2.32. The molecule has 0 radical (unpaired) electrons. The van der Waals surface area contributed by atoms with Crippen LogP contribution in [0, 0.1) is 0 Å². The third-order valence-electron chi connectivity index (χ3n) is 2.58. The molecule has 0 spiro atoms. The summed E-state index contributed by atoms with van der Waals surface area (Å²) in [7, 11) is -3.18. The lowest BCUT2D eigenvalue weighted by Gasteiger charge is -2.15. The molecule has 4 nitrogen and oxygen atoms in total. The van der Waals surface area contributed by atoms with Crippen LogP contribution < -0.4 is 4.72 Å². The SMILES string of the molecule is CC(CCCBr)NS(=O)(=O)CC1CCCO1. The Hall–Kier alpha value is 0.350. The number of ether oxygens (including phenoxy) is 1. The molecule has 2 atom stereocenters. The van der Waals surface area contributed by atoms with Crippen LogP contribution in [0.4, 0.5) is 0 Å². The molecule has 16 heavy (non-hydrogen) atoms. The van der Waals surface area contributed by atoms with Crippen molar-refractivity contribution in [2.75, 3.05) is 17.7 Å². The molecule has 1 heterocycles. The minimum Gasteiger partial charge on any atom is -0.377 e. The second-order valence-electron chi connectivity index (χ2n) is 4.27. The number of nitrogens with one attached hydrogen (secondary N) is 1. The maximum absolute atomic E-state index is 11.8. The largest absolute Gasteiger partial charge is 0.377 e. The minimum atomic E-state index is -3.18. The molecule has 0 amide bonds. The molecule has 1 aliphatic heterocycles. The van der Waals surface area contributed by atoms with Crippen molar-refractivity contribution in [3.63, 3.8) is 0 Å². The summed E-state index contributed by atoms with van der Waals surface area (Å²) in [6.45, 7) is 2.59. The summed E-state index contributed by atoms with van der Waals surface area (Å²) in [5.74, 6) is 0.103. The third-order valence-corrected chi connectivity index (χ3v) is 4.71. The lowest BCUT2D eigenvalue weighted by atomic mass is 10.2. The first kappa shape index (κ1) is 14.4. The van der Waals surface area contributed by atoms with Gasteiger partial charge < -0.3 is 4.74 Å². The van der Waals surface area contributed by atoms with Crippen LogP contribution in [0.3, 0.4) is 0 Å². The van der Waals surface area contributed by atoms with Gasteiger partial charge in [0.1, 0.15) is 0 Å². The molecule has 1 N–H and O–H groups in total. The lowest BCUT2D eigenvalue weighted by Crippen LogP contribution is -2.37. The summed E-state index contributed by atoms with van der Waals surface area (Å²) >= 11 is 3.33. The molecule has 0 aromatic rings. The first-order chi connectivity index (χ1) is 7.53. The van der Waals surface area contributed by atoms with Crippen molar-refractivity contribution in [3.8, 4) is 0 Å². The number of halogens is 1. The highest BCUT2D eigenvalue weighted by Crippen LogP contribution is 2.14. The van der Waals surface area contributed by atoms with E-state index in [1.165, 1.54) is 0 Å². The Bertz CT molecular complexity index is 288. The maximum Gasteiger partial charge on any atom is 0.214 e. The quantitative estimate of drug-likeness (QED) is 0.727. The van der Waals surface area contributed by atoms with E-state index in [1.807, 2.05) is 6.92 Å². The van der Waals surface area contributed by atoms with Crippen molar-refractivity contribution in [1.82, 2.24) is 4.72 Å². The number of hydrogen-bond acceptors (Lipinski definition) is 3. The number of sulfonamides is 1. The minimum absolute atomic E-state index is 0.00366. The first-order valence-electron chi connectivity index (χ1n) is 5.71. The fourth-order valence-electron chi connectivity index (χ4n) is 1.82. The Kier molecular flexibility index (Phi) is 6.25. The van der Waals surface area contributed by atoms with Crippen molar-refractivity contribution >= 4 is 26.0 Å². The monoisotopic (exact) mass is 313 g/mol. The standard InChI is InChI=1S/C10H20BrNO3S/c1-9(4-2-6-11)12-16(13,14)8-10-5-3-7-15-10/h9-10,12H,2-8H2,1H3. The van der Waals surface area contributed by atoms with E-state index in [2.05, 4.69) is 20.7 Å². The van der Waals surface area contributed by atoms with E-state index < -0.39 is 10.0 Å². The van der Waals surface area contributed by atoms with E-state index in [4.69, 9.17) is 4.74 Å². The van der Waals surface area contributed by atoms with Crippen molar-refractivity contribution in [1.29, 1.82) is 0 Å². The predicted molar refractivity (Wildman–Crippen MR) is 68.4 cm³/mol. The predicted octanol–water partition coefficient (Wildman–Crippen LogP) is 1.65. The summed E-state index contributed by atoms with van der Waals surface area (Å²) in [6.07, 6.45) is 3.55. The lowest BCUT2D eigenvalue weighted by molar-refractivity contribution is 0.127. The molecule has 1 fully saturated rings. The smallest absolute Gasteiger partial charge is 0.214 e. The molecule has 96 valence electrons. The van der Waals surface area contributed by atoms with Crippen LogP contribution in [0.1, 0.15) is 32.6 Å². The molecule has 0 bridgehead atoms. The zero-order valence-corrected chi connectivity index (χ0v) is 12.0. The number of rotatable bonds is 7. The van der Waals surface area contributed by atoms with Gasteiger partial charge in [0.05, 0.1) is 11.9 Å². The van der Waals surface area contributed by atoms with E-state index in [9.17, 15) is 8.42 Å². The Morgan fingerprint density at radius 3 is 2.88 bits per heavy atom. The zero-order valence-electron chi connectivity index (χ0n) is 9.62. The van der Waals surface area contributed by atoms with Crippen LogP contribution in [0.15, 0.2) is 0 Å². The third kappa shape index (κ3) is 5.61. The van der Waals surface area contributed by atoms with Gasteiger partial charge in [0.25, 0.3) is 0 Å². The van der Waals surface area contributed by atoms with Crippen LogP contribution in [0.25, 0.3) is 0 Å². The Morgan fingerprint density at radius 2 is 2.31 bits per heavy atom. The van der Waals surface area contributed by atoms with Gasteiger partial charge in [-0.3, -0.25) is 0 Å². The summed E-state index contributed by atoms with van der Waals surface area (Å²) in [4.78, 5) is 0. The van der Waals surface area contributed by atoms with E-state index in [0.717, 1.165) is 31.0 Å². The number of alkyl halides is 1. The molecule has 2 unspecified atom stereocenters. The van der Waals surface area contributed by atoms with Gasteiger partial charge in [-0.25, -0.2) is 13.1 Å². The van der Waals surface area contributed by atoms with Crippen LogP contribution in [-0.2, 0) is 14.8 Å². The highest BCUT2D eigenvalue weighted by molar-refractivity contribution is 9.09. The van der Waals surface area contributed by atoms with Crippen LogP contribution >= 0.6 is 15.9 Å². The second-order valence-corrected chi connectivity index (χ2v) is 6.86. The van der Waals surface area contributed by atoms with Gasteiger partial charge >= 0.3 is 0 Å². The molecule has 1 aliphatic rings. The maximum atomic E-state index is 11.8. The molecule has 0 saturated carbocycles. The fraction of sp³-hybridized carbons (Fsp3) is 1.00. The summed E-state index contributed by atoms with van der Waals surface area (Å²) in [5, 5.41) is 0.908. The second kappa shape index (κ2) is 6.93. The Labute approximate surface area is 106 Å². The van der Waals surface area contributed by atoms with Gasteiger partial charge in [0.15, 0.2) is 0 Å². The van der Waals surface area contributed by atoms with Crippen molar-refractivity contribution in [3.05, 3.63) is 0 Å². The fourth-order valence-corrected chi connectivity index (χ4v) is 3.72. The molecule has 1 rings (SSSR count).